The molecule has 5 aliphatic heterocycles. The van der Waals surface area contributed by atoms with Crippen molar-refractivity contribution in [1.82, 2.24) is 50.5 Å². The van der Waals surface area contributed by atoms with E-state index in [1.807, 2.05) is 7.05 Å². The second-order valence-corrected chi connectivity index (χ2v) is 23.9. The second kappa shape index (κ2) is 25.9. The molecule has 0 spiro atoms. The Hall–Kier alpha value is -5.01. The van der Waals surface area contributed by atoms with Crippen molar-refractivity contribution in [2.75, 3.05) is 98.3 Å². The normalized spacial score (nSPS) is 25.1. The van der Waals surface area contributed by atoms with Gasteiger partial charge in [-0.05, 0) is 81.8 Å². The number of carbonyl (C=O) groups excluding carboxylic acids is 7. The van der Waals surface area contributed by atoms with Gasteiger partial charge in [0, 0.05) is 63.5 Å². The van der Waals surface area contributed by atoms with Crippen LogP contribution >= 0.6 is 11.8 Å². The fraction of sp³-hybridized carbons (Fsp3) is 0.635. The lowest BCUT2D eigenvalue weighted by Gasteiger charge is -2.47. The minimum absolute atomic E-state index is 0.0178. The van der Waals surface area contributed by atoms with Crippen LogP contribution in [0.1, 0.15) is 114 Å². The van der Waals surface area contributed by atoms with Crippen molar-refractivity contribution in [3.8, 4) is 5.75 Å². The predicted octanol–water partition coefficient (Wildman–Crippen LogP) is 1.57. The van der Waals surface area contributed by atoms with Gasteiger partial charge in [-0.25, -0.2) is 12.7 Å². The SMILES string of the molecule is CN(CCNC(=O)CN(C)C1CC(c2cccc(C3CSC(NC(=O)CNC(=O)C4CCN(S(C)(=O)=O)C4)N3)c2)CCN1C1CCCCCC1)CCOCCOc1cccc2c1C(=O)N(C1CCC(=O)NC1=O)C2=O. The van der Waals surface area contributed by atoms with Crippen molar-refractivity contribution < 1.29 is 51.5 Å². The number of ether oxygens (including phenoxy) is 2. The molecule has 5 fully saturated rings. The first-order valence-electron chi connectivity index (χ1n) is 26.5. The fourth-order valence-corrected chi connectivity index (χ4v) is 13.3. The molecule has 1 aliphatic carbocycles. The van der Waals surface area contributed by atoms with E-state index >= 15 is 0 Å². The minimum Gasteiger partial charge on any atom is -0.490 e. The number of nitrogens with one attached hydrogen (secondary N) is 5. The molecule has 23 heteroatoms. The quantitative estimate of drug-likeness (QED) is 0.0638. The number of thioether (sulfide) groups is 1. The number of rotatable bonds is 22. The van der Waals surface area contributed by atoms with E-state index < -0.39 is 45.6 Å². The molecule has 5 N–H and O–H groups in total. The third-order valence-corrected chi connectivity index (χ3v) is 17.8. The van der Waals surface area contributed by atoms with Gasteiger partial charge in [0.25, 0.3) is 11.8 Å². The molecule has 0 bridgehead atoms. The molecule has 21 nitrogen and oxygen atoms in total. The number of hydrogen-bond acceptors (Lipinski definition) is 16. The number of hydrogen-bond donors (Lipinski definition) is 5. The highest BCUT2D eigenvalue weighted by atomic mass is 32.2. The van der Waals surface area contributed by atoms with Crippen molar-refractivity contribution in [2.45, 2.75) is 106 Å². The molecule has 6 aliphatic rings. The smallest absolute Gasteiger partial charge is 0.266 e. The molecule has 0 radical (unpaired) electrons. The number of carbonyl (C=O) groups is 7. The summed E-state index contributed by atoms with van der Waals surface area (Å²) in [6.07, 6.45) is 11.0. The van der Waals surface area contributed by atoms with Crippen LogP contribution in [0, 0.1) is 5.92 Å². The summed E-state index contributed by atoms with van der Waals surface area (Å²) in [6, 6.07) is 12.9. The monoisotopic (exact) mass is 1080 g/mol. The van der Waals surface area contributed by atoms with Crippen molar-refractivity contribution in [3.05, 3.63) is 64.7 Å². The predicted molar refractivity (Wildman–Crippen MR) is 281 cm³/mol. The van der Waals surface area contributed by atoms with Crippen LogP contribution in [0.15, 0.2) is 42.5 Å². The number of nitrogens with zero attached hydrogens (tertiary/aromatic N) is 5. The van der Waals surface area contributed by atoms with Gasteiger partial charge in [-0.2, -0.15) is 0 Å². The highest BCUT2D eigenvalue weighted by molar-refractivity contribution is 8.00. The van der Waals surface area contributed by atoms with E-state index in [1.54, 1.807) is 23.9 Å². The number of likely N-dealkylation sites (tertiary alicyclic amines) is 1. The van der Waals surface area contributed by atoms with Crippen LogP contribution in [0.2, 0.25) is 0 Å². The van der Waals surface area contributed by atoms with Crippen LogP contribution < -0.4 is 31.3 Å². The Kier molecular flexibility index (Phi) is 19.4. The average molecular weight is 1080 g/mol. The number of piperidine rings is 2. The van der Waals surface area contributed by atoms with Crippen LogP contribution in [0.4, 0.5) is 0 Å². The molecular weight excluding hydrogens is 1000 g/mol. The van der Waals surface area contributed by atoms with Gasteiger partial charge in [-0.3, -0.25) is 58.9 Å². The molecule has 6 atom stereocenters. The van der Waals surface area contributed by atoms with Crippen LogP contribution in [0.3, 0.4) is 0 Å². The molecule has 2 aromatic rings. The molecule has 8 rings (SSSR count). The summed E-state index contributed by atoms with van der Waals surface area (Å²) in [4.78, 5) is 97.6. The maximum Gasteiger partial charge on any atom is 0.266 e. The first-order chi connectivity index (χ1) is 36.0. The summed E-state index contributed by atoms with van der Waals surface area (Å²) in [5.74, 6) is -2.19. The molecule has 2 aromatic carbocycles. The van der Waals surface area contributed by atoms with Crippen molar-refractivity contribution >= 4 is 63.1 Å². The van der Waals surface area contributed by atoms with Crippen molar-refractivity contribution in [1.29, 1.82) is 0 Å². The Bertz CT molecular complexity index is 2530. The molecule has 410 valence electrons. The van der Waals surface area contributed by atoms with Crippen LogP contribution in [-0.4, -0.2) is 196 Å². The summed E-state index contributed by atoms with van der Waals surface area (Å²) in [6.45, 7) is 3.93. The van der Waals surface area contributed by atoms with Crippen molar-refractivity contribution in [2.24, 2.45) is 5.92 Å². The first kappa shape index (κ1) is 56.2. The molecule has 75 heavy (non-hydrogen) atoms. The molecule has 7 amide bonds. The van der Waals surface area contributed by atoms with Gasteiger partial charge in [0.05, 0.1) is 55.8 Å². The standard InChI is InChI=1S/C52H74N10O11S2/c1-58(24-25-72-26-27-73-42-15-9-14-39-47(42)51(69)62(50(39)68)41-16-17-43(63)56-49(41)67)23-20-53-45(65)32-59(2)46-29-35(19-22-61(46)38-12-6-4-5-7-13-38)34-10-8-11-36(28-34)40-33-74-52(55-40)57-44(64)30-54-48(66)37-18-21-60(31-37)75(3,70)71/h8-11,14-15,28,35,37-38,40-41,46,52,55H,4-7,12-13,16-27,29-33H2,1-3H3,(H,53,65)(H,54,66)(H,57,64)(H,56,63,67). The van der Waals surface area contributed by atoms with Crippen LogP contribution in [0.5, 0.6) is 5.75 Å². The molecular formula is C52H74N10O11S2. The van der Waals surface area contributed by atoms with E-state index in [1.165, 1.54) is 54.5 Å². The van der Waals surface area contributed by atoms with Crippen LogP contribution in [-0.2, 0) is 38.7 Å². The van der Waals surface area contributed by atoms with Crippen molar-refractivity contribution in [3.63, 3.8) is 0 Å². The maximum atomic E-state index is 13.5. The van der Waals surface area contributed by atoms with Gasteiger partial charge in [-0.1, -0.05) is 56.0 Å². The lowest BCUT2D eigenvalue weighted by molar-refractivity contribution is -0.136. The minimum atomic E-state index is -3.37. The van der Waals surface area contributed by atoms with Gasteiger partial charge >= 0.3 is 0 Å². The number of benzene rings is 2. The van der Waals surface area contributed by atoms with E-state index in [2.05, 4.69) is 72.6 Å². The number of fused-ring (bicyclic) bond motifs is 1. The van der Waals surface area contributed by atoms with Gasteiger partial charge in [-0.15, -0.1) is 11.8 Å². The maximum absolute atomic E-state index is 13.5. The summed E-state index contributed by atoms with van der Waals surface area (Å²) in [5.41, 5.74) is 2.34. The number of sulfonamides is 1. The van der Waals surface area contributed by atoms with Gasteiger partial charge < -0.3 is 30.3 Å². The lowest BCUT2D eigenvalue weighted by atomic mass is 9.85. The summed E-state index contributed by atoms with van der Waals surface area (Å²) < 4.78 is 36.7. The van der Waals surface area contributed by atoms with E-state index in [4.69, 9.17) is 9.47 Å². The van der Waals surface area contributed by atoms with E-state index in [9.17, 15) is 42.0 Å². The topological polar surface area (TPSA) is 248 Å². The Morgan fingerprint density at radius 2 is 1.63 bits per heavy atom. The summed E-state index contributed by atoms with van der Waals surface area (Å²) in [5, 5.41) is 14.5. The molecule has 5 heterocycles. The summed E-state index contributed by atoms with van der Waals surface area (Å²) >= 11 is 1.60. The molecule has 0 aromatic heterocycles. The number of imide groups is 2. The highest BCUT2D eigenvalue weighted by Gasteiger charge is 2.46. The highest BCUT2D eigenvalue weighted by Crippen LogP contribution is 2.38. The molecule has 4 saturated heterocycles. The van der Waals surface area contributed by atoms with E-state index in [-0.39, 0.29) is 98.0 Å². The number of likely N-dealkylation sites (N-methyl/N-ethyl adjacent to an activating group) is 2. The molecule has 1 saturated carbocycles. The fourth-order valence-electron chi connectivity index (χ4n) is 11.3. The zero-order valence-electron chi connectivity index (χ0n) is 43.4. The van der Waals surface area contributed by atoms with Gasteiger partial charge in [0.15, 0.2) is 0 Å². The zero-order valence-corrected chi connectivity index (χ0v) is 45.0. The Balaban J connectivity index is 0.757. The molecule has 6 unspecified atom stereocenters. The Morgan fingerprint density at radius 3 is 2.39 bits per heavy atom. The zero-order chi connectivity index (χ0) is 53.2. The lowest BCUT2D eigenvalue weighted by Crippen LogP contribution is -2.56. The largest absolute Gasteiger partial charge is 0.490 e. The Labute approximate surface area is 444 Å². The summed E-state index contributed by atoms with van der Waals surface area (Å²) in [7, 11) is 0.664. The van der Waals surface area contributed by atoms with E-state index in [0.717, 1.165) is 41.9 Å². The van der Waals surface area contributed by atoms with E-state index in [0.29, 0.717) is 51.2 Å². The van der Waals surface area contributed by atoms with Crippen LogP contribution in [0.25, 0.3) is 0 Å². The Morgan fingerprint density at radius 1 is 0.853 bits per heavy atom. The second-order valence-electron chi connectivity index (χ2n) is 20.7. The third-order valence-electron chi connectivity index (χ3n) is 15.4. The average Bonchev–Trinajstić information content (AvgIpc) is 4.08. The van der Waals surface area contributed by atoms with Gasteiger partial charge in [0.2, 0.25) is 39.6 Å². The third kappa shape index (κ3) is 14.5. The first-order valence-corrected chi connectivity index (χ1v) is 29.4. The van der Waals surface area contributed by atoms with Gasteiger partial charge in [0.1, 0.15) is 23.9 Å². The number of amides is 7.